The van der Waals surface area contributed by atoms with Crippen LogP contribution in [0, 0.1) is 5.82 Å². The second-order valence-corrected chi connectivity index (χ2v) is 3.51. The topological polar surface area (TPSA) is 109 Å². The third-order valence-corrected chi connectivity index (χ3v) is 2.15. The van der Waals surface area contributed by atoms with E-state index >= 15 is 0 Å². The van der Waals surface area contributed by atoms with Crippen LogP contribution >= 0.6 is 0 Å². The van der Waals surface area contributed by atoms with Gasteiger partial charge in [-0.05, 0) is 12.1 Å². The fourth-order valence-electron chi connectivity index (χ4n) is 1.28. The normalized spacial score (nSPS) is 11.6. The monoisotopic (exact) mass is 254 g/mol. The first-order valence-corrected chi connectivity index (χ1v) is 4.98. The van der Waals surface area contributed by atoms with Crippen LogP contribution in [0.5, 0.6) is 0 Å². The third-order valence-electron chi connectivity index (χ3n) is 2.15. The molecule has 18 heavy (non-hydrogen) atoms. The van der Waals surface area contributed by atoms with Crippen LogP contribution in [0.15, 0.2) is 24.3 Å². The van der Waals surface area contributed by atoms with Crippen LogP contribution in [0.1, 0.15) is 16.8 Å². The Morgan fingerprint density at radius 2 is 1.94 bits per heavy atom. The molecular formula is C11H11FN2O4. The van der Waals surface area contributed by atoms with E-state index in [-0.39, 0.29) is 5.56 Å². The summed E-state index contributed by atoms with van der Waals surface area (Å²) in [5.41, 5.74) is 4.66. The van der Waals surface area contributed by atoms with E-state index in [0.29, 0.717) is 0 Å². The van der Waals surface area contributed by atoms with Crippen molar-refractivity contribution >= 4 is 17.8 Å². The van der Waals surface area contributed by atoms with Crippen molar-refractivity contribution in [2.45, 2.75) is 12.5 Å². The average molecular weight is 254 g/mol. The highest BCUT2D eigenvalue weighted by atomic mass is 19.1. The van der Waals surface area contributed by atoms with Gasteiger partial charge in [-0.3, -0.25) is 14.4 Å². The van der Waals surface area contributed by atoms with E-state index in [0.717, 1.165) is 6.07 Å². The summed E-state index contributed by atoms with van der Waals surface area (Å²) >= 11 is 0. The maximum Gasteiger partial charge on any atom is 0.305 e. The van der Waals surface area contributed by atoms with E-state index in [9.17, 15) is 18.8 Å². The predicted molar refractivity (Wildman–Crippen MR) is 59.1 cm³/mol. The molecule has 0 aliphatic heterocycles. The molecule has 1 atom stereocenters. The number of carbonyl (C=O) groups is 3. The summed E-state index contributed by atoms with van der Waals surface area (Å²) in [5, 5.41) is 10.6. The fourth-order valence-corrected chi connectivity index (χ4v) is 1.28. The van der Waals surface area contributed by atoms with Crippen molar-refractivity contribution in [3.63, 3.8) is 0 Å². The number of aliphatic carboxylic acids is 1. The van der Waals surface area contributed by atoms with Crippen molar-refractivity contribution in [2.75, 3.05) is 0 Å². The first kappa shape index (κ1) is 13.6. The second-order valence-electron chi connectivity index (χ2n) is 3.51. The minimum atomic E-state index is -1.38. The van der Waals surface area contributed by atoms with Gasteiger partial charge in [0.2, 0.25) is 5.91 Å². The molecule has 0 aliphatic carbocycles. The summed E-state index contributed by atoms with van der Waals surface area (Å²) in [6, 6.07) is 3.74. The molecule has 0 saturated carbocycles. The van der Waals surface area contributed by atoms with Crippen LogP contribution in [0.4, 0.5) is 4.39 Å². The van der Waals surface area contributed by atoms with Crippen molar-refractivity contribution in [1.29, 1.82) is 0 Å². The minimum Gasteiger partial charge on any atom is -0.481 e. The molecular weight excluding hydrogens is 243 g/mol. The smallest absolute Gasteiger partial charge is 0.305 e. The number of primary amides is 1. The molecule has 2 amide bonds. The van der Waals surface area contributed by atoms with Crippen molar-refractivity contribution in [3.8, 4) is 0 Å². The van der Waals surface area contributed by atoms with Crippen molar-refractivity contribution in [3.05, 3.63) is 35.6 Å². The quantitative estimate of drug-likeness (QED) is 0.680. The SMILES string of the molecule is NC(=O)[C@@H](CC(=O)O)NC(=O)c1ccccc1F. The first-order chi connectivity index (χ1) is 8.41. The molecule has 0 unspecified atom stereocenters. The number of halogens is 1. The van der Waals surface area contributed by atoms with Crippen LogP contribution < -0.4 is 11.1 Å². The van der Waals surface area contributed by atoms with Crippen molar-refractivity contribution in [2.24, 2.45) is 5.73 Å². The molecule has 0 saturated heterocycles. The zero-order valence-corrected chi connectivity index (χ0v) is 9.22. The van der Waals surface area contributed by atoms with Crippen LogP contribution in [0.25, 0.3) is 0 Å². The number of amides is 2. The Bertz CT molecular complexity index is 490. The Labute approximate surface area is 102 Å². The lowest BCUT2D eigenvalue weighted by molar-refractivity contribution is -0.139. The highest BCUT2D eigenvalue weighted by Gasteiger charge is 2.22. The standard InChI is InChI=1S/C11H11FN2O4/c12-7-4-2-1-3-6(7)11(18)14-8(10(13)17)5-9(15)16/h1-4,8H,5H2,(H2,13,17)(H,14,18)(H,15,16)/t8-/m1/s1. The fraction of sp³-hybridized carbons (Fsp3) is 0.182. The molecule has 1 rings (SSSR count). The molecule has 1 aromatic rings. The van der Waals surface area contributed by atoms with Gasteiger partial charge in [-0.25, -0.2) is 4.39 Å². The molecule has 4 N–H and O–H groups in total. The molecule has 6 nitrogen and oxygen atoms in total. The molecule has 0 radical (unpaired) electrons. The maximum absolute atomic E-state index is 13.3. The maximum atomic E-state index is 13.3. The number of hydrogen-bond acceptors (Lipinski definition) is 3. The average Bonchev–Trinajstić information content (AvgIpc) is 2.27. The molecule has 0 aromatic heterocycles. The Hall–Kier alpha value is -2.44. The number of carboxylic acid groups (broad SMARTS) is 1. The zero-order valence-electron chi connectivity index (χ0n) is 9.22. The van der Waals surface area contributed by atoms with Crippen LogP contribution in [0.3, 0.4) is 0 Å². The van der Waals surface area contributed by atoms with E-state index < -0.39 is 36.1 Å². The Balaban J connectivity index is 2.82. The molecule has 0 bridgehead atoms. The van der Waals surface area contributed by atoms with Gasteiger partial charge in [0.25, 0.3) is 5.91 Å². The van der Waals surface area contributed by atoms with Crippen LogP contribution in [0.2, 0.25) is 0 Å². The van der Waals surface area contributed by atoms with Crippen molar-refractivity contribution in [1.82, 2.24) is 5.32 Å². The Morgan fingerprint density at radius 3 is 2.44 bits per heavy atom. The third kappa shape index (κ3) is 3.55. The molecule has 96 valence electrons. The second kappa shape index (κ2) is 5.76. The van der Waals surface area contributed by atoms with Gasteiger partial charge in [0, 0.05) is 0 Å². The van der Waals surface area contributed by atoms with Gasteiger partial charge in [0.1, 0.15) is 11.9 Å². The number of benzene rings is 1. The summed E-state index contributed by atoms with van der Waals surface area (Å²) in [5.74, 6) is -3.96. The highest BCUT2D eigenvalue weighted by Crippen LogP contribution is 2.06. The summed E-state index contributed by atoms with van der Waals surface area (Å²) in [4.78, 5) is 33.0. The van der Waals surface area contributed by atoms with E-state index in [2.05, 4.69) is 5.32 Å². The van der Waals surface area contributed by atoms with Gasteiger partial charge in [0.15, 0.2) is 0 Å². The number of carboxylic acids is 1. The Morgan fingerprint density at radius 1 is 1.33 bits per heavy atom. The number of nitrogens with two attached hydrogens (primary N) is 1. The summed E-state index contributed by atoms with van der Waals surface area (Å²) < 4.78 is 13.3. The van der Waals surface area contributed by atoms with E-state index in [4.69, 9.17) is 10.8 Å². The molecule has 0 spiro atoms. The number of hydrogen-bond donors (Lipinski definition) is 3. The van der Waals surface area contributed by atoms with Gasteiger partial charge in [0.05, 0.1) is 12.0 Å². The van der Waals surface area contributed by atoms with Crippen LogP contribution in [-0.4, -0.2) is 28.9 Å². The van der Waals surface area contributed by atoms with Gasteiger partial charge < -0.3 is 16.2 Å². The van der Waals surface area contributed by atoms with E-state index in [1.807, 2.05) is 0 Å². The zero-order chi connectivity index (χ0) is 13.7. The lowest BCUT2D eigenvalue weighted by Gasteiger charge is -2.13. The lowest BCUT2D eigenvalue weighted by atomic mass is 10.1. The molecule has 0 heterocycles. The summed E-state index contributed by atoms with van der Waals surface area (Å²) in [6.45, 7) is 0. The minimum absolute atomic E-state index is 0.283. The summed E-state index contributed by atoms with van der Waals surface area (Å²) in [7, 11) is 0. The molecule has 0 aliphatic rings. The Kier molecular flexibility index (Phi) is 4.36. The first-order valence-electron chi connectivity index (χ1n) is 4.98. The highest BCUT2D eigenvalue weighted by molar-refractivity contribution is 5.98. The lowest BCUT2D eigenvalue weighted by Crippen LogP contribution is -2.45. The van der Waals surface area contributed by atoms with Crippen LogP contribution in [-0.2, 0) is 9.59 Å². The molecule has 0 fully saturated rings. The van der Waals surface area contributed by atoms with Crippen molar-refractivity contribution < 1.29 is 23.9 Å². The van der Waals surface area contributed by atoms with Gasteiger partial charge in [-0.2, -0.15) is 0 Å². The van der Waals surface area contributed by atoms with E-state index in [1.54, 1.807) is 0 Å². The van der Waals surface area contributed by atoms with Gasteiger partial charge >= 0.3 is 5.97 Å². The predicted octanol–water partition coefficient (Wildman–Crippen LogP) is -0.116. The number of rotatable bonds is 5. The van der Waals surface area contributed by atoms with E-state index in [1.165, 1.54) is 18.2 Å². The van der Waals surface area contributed by atoms with Gasteiger partial charge in [-0.15, -0.1) is 0 Å². The molecule has 1 aromatic carbocycles. The molecule has 7 heteroatoms. The number of carbonyl (C=O) groups excluding carboxylic acids is 2. The largest absolute Gasteiger partial charge is 0.481 e. The number of nitrogens with one attached hydrogen (secondary N) is 1. The van der Waals surface area contributed by atoms with Gasteiger partial charge in [-0.1, -0.05) is 12.1 Å². The summed E-state index contributed by atoms with van der Waals surface area (Å²) in [6.07, 6.45) is -0.657.